The third-order valence-corrected chi connectivity index (χ3v) is 6.29. The zero-order valence-corrected chi connectivity index (χ0v) is 16.7. The number of benzene rings is 1. The van der Waals surface area contributed by atoms with Crippen molar-refractivity contribution in [3.05, 3.63) is 35.9 Å². The second kappa shape index (κ2) is 9.36. The van der Waals surface area contributed by atoms with Gasteiger partial charge in [-0.15, -0.1) is 0 Å². The Morgan fingerprint density at radius 3 is 2.26 bits per heavy atom. The molecule has 148 valence electrons. The highest BCUT2D eigenvalue weighted by Gasteiger charge is 2.37. The summed E-state index contributed by atoms with van der Waals surface area (Å²) in [4.78, 5) is 29.9. The van der Waals surface area contributed by atoms with Crippen molar-refractivity contribution in [1.82, 2.24) is 15.1 Å². The normalized spacial score (nSPS) is 21.0. The average Bonchev–Trinajstić information content (AvgIpc) is 3.24. The summed E-state index contributed by atoms with van der Waals surface area (Å²) in [5.74, 6) is 0.750. The van der Waals surface area contributed by atoms with Crippen molar-refractivity contribution in [3.63, 3.8) is 0 Å². The van der Waals surface area contributed by atoms with Crippen LogP contribution in [0.1, 0.15) is 50.5 Å². The topological polar surface area (TPSA) is 52.7 Å². The van der Waals surface area contributed by atoms with Gasteiger partial charge >= 0.3 is 0 Å². The van der Waals surface area contributed by atoms with Gasteiger partial charge in [0.15, 0.2) is 0 Å². The first kappa shape index (κ1) is 19.9. The van der Waals surface area contributed by atoms with Crippen molar-refractivity contribution in [2.24, 2.45) is 5.92 Å². The van der Waals surface area contributed by atoms with Crippen molar-refractivity contribution < 1.29 is 9.59 Å². The first-order chi connectivity index (χ1) is 13.2. The molecule has 1 aliphatic heterocycles. The minimum absolute atomic E-state index is 0.0363. The van der Waals surface area contributed by atoms with Gasteiger partial charge in [-0.1, -0.05) is 50.1 Å². The molecular weight excluding hydrogens is 338 g/mol. The van der Waals surface area contributed by atoms with Crippen LogP contribution >= 0.6 is 0 Å². The van der Waals surface area contributed by atoms with Gasteiger partial charge in [0.1, 0.15) is 0 Å². The summed E-state index contributed by atoms with van der Waals surface area (Å²) >= 11 is 0. The van der Waals surface area contributed by atoms with E-state index in [9.17, 15) is 9.59 Å². The van der Waals surface area contributed by atoms with Crippen LogP contribution in [0.3, 0.4) is 0 Å². The van der Waals surface area contributed by atoms with Crippen molar-refractivity contribution >= 4 is 11.8 Å². The molecule has 0 bridgehead atoms. The van der Waals surface area contributed by atoms with E-state index in [4.69, 9.17) is 0 Å². The summed E-state index contributed by atoms with van der Waals surface area (Å²) in [5.41, 5.74) is 1.10. The lowest BCUT2D eigenvalue weighted by Crippen LogP contribution is -2.58. The van der Waals surface area contributed by atoms with Crippen LogP contribution in [0.2, 0.25) is 0 Å². The largest absolute Gasteiger partial charge is 0.358 e. The molecule has 0 aromatic heterocycles. The third-order valence-electron chi connectivity index (χ3n) is 6.29. The third kappa shape index (κ3) is 4.52. The molecule has 2 aliphatic rings. The summed E-state index contributed by atoms with van der Waals surface area (Å²) in [6.45, 7) is 5.06. The van der Waals surface area contributed by atoms with Crippen LogP contribution in [-0.2, 0) is 9.59 Å². The van der Waals surface area contributed by atoms with E-state index in [-0.39, 0.29) is 23.8 Å². The Balaban J connectivity index is 1.63. The lowest BCUT2D eigenvalue weighted by atomic mass is 9.93. The molecule has 1 aromatic rings. The molecule has 5 nitrogen and oxygen atoms in total. The van der Waals surface area contributed by atoms with Crippen LogP contribution in [0.5, 0.6) is 0 Å². The van der Waals surface area contributed by atoms with Crippen LogP contribution in [0.15, 0.2) is 30.3 Å². The van der Waals surface area contributed by atoms with E-state index in [1.54, 1.807) is 7.05 Å². The number of nitrogens with one attached hydrogen (secondary N) is 1. The number of nitrogens with zero attached hydrogens (tertiary/aromatic N) is 2. The van der Waals surface area contributed by atoms with Gasteiger partial charge in [-0.05, 0) is 30.7 Å². The zero-order chi connectivity index (χ0) is 19.2. The molecule has 0 unspecified atom stereocenters. The van der Waals surface area contributed by atoms with Crippen molar-refractivity contribution in [2.45, 2.75) is 51.0 Å². The van der Waals surface area contributed by atoms with E-state index >= 15 is 0 Å². The second-order valence-electron chi connectivity index (χ2n) is 7.84. The fourth-order valence-electron chi connectivity index (χ4n) is 4.78. The molecule has 1 saturated carbocycles. The van der Waals surface area contributed by atoms with Gasteiger partial charge in [-0.3, -0.25) is 14.5 Å². The van der Waals surface area contributed by atoms with E-state index in [0.717, 1.165) is 37.9 Å². The summed E-state index contributed by atoms with van der Waals surface area (Å²) in [5, 5.41) is 2.86. The van der Waals surface area contributed by atoms with Crippen LogP contribution in [-0.4, -0.2) is 60.9 Å². The quantitative estimate of drug-likeness (QED) is 0.836. The first-order valence-corrected chi connectivity index (χ1v) is 10.4. The number of carbonyl (C=O) groups is 2. The molecule has 27 heavy (non-hydrogen) atoms. The molecule has 1 aliphatic carbocycles. The van der Waals surface area contributed by atoms with Gasteiger partial charge in [-0.25, -0.2) is 0 Å². The summed E-state index contributed by atoms with van der Waals surface area (Å²) < 4.78 is 0. The lowest BCUT2D eigenvalue weighted by molar-refractivity contribution is -0.136. The van der Waals surface area contributed by atoms with Crippen molar-refractivity contribution in [1.29, 1.82) is 0 Å². The molecule has 5 heteroatoms. The maximum Gasteiger partial charge on any atom is 0.237 e. The molecule has 2 atom stereocenters. The van der Waals surface area contributed by atoms with E-state index in [2.05, 4.69) is 17.1 Å². The number of hydrogen-bond donors (Lipinski definition) is 1. The Bertz CT molecular complexity index is 620. The highest BCUT2D eigenvalue weighted by Crippen LogP contribution is 2.31. The molecule has 1 heterocycles. The molecule has 1 aromatic carbocycles. The molecule has 3 rings (SSSR count). The predicted molar refractivity (Wildman–Crippen MR) is 107 cm³/mol. The fraction of sp³-hybridized carbons (Fsp3) is 0.636. The molecule has 0 radical (unpaired) electrons. The zero-order valence-electron chi connectivity index (χ0n) is 16.7. The van der Waals surface area contributed by atoms with Crippen LogP contribution in [0, 0.1) is 5.92 Å². The predicted octanol–water partition coefficient (Wildman–Crippen LogP) is 2.63. The van der Waals surface area contributed by atoms with Crippen LogP contribution in [0.4, 0.5) is 0 Å². The first-order valence-electron chi connectivity index (χ1n) is 10.4. The van der Waals surface area contributed by atoms with Crippen LogP contribution < -0.4 is 5.32 Å². The maximum absolute atomic E-state index is 13.1. The van der Waals surface area contributed by atoms with E-state index in [0.29, 0.717) is 19.0 Å². The number of carbonyl (C=O) groups excluding carboxylic acids is 2. The highest BCUT2D eigenvalue weighted by molar-refractivity contribution is 5.84. The smallest absolute Gasteiger partial charge is 0.237 e. The second-order valence-corrected chi connectivity index (χ2v) is 7.84. The van der Waals surface area contributed by atoms with Crippen LogP contribution in [0.25, 0.3) is 0 Å². The maximum atomic E-state index is 13.1. The van der Waals surface area contributed by atoms with E-state index < -0.39 is 0 Å². The molecule has 2 amide bonds. The summed E-state index contributed by atoms with van der Waals surface area (Å²) in [7, 11) is 1.73. The average molecular weight is 372 g/mol. The van der Waals surface area contributed by atoms with E-state index in [1.165, 1.54) is 12.8 Å². The Morgan fingerprint density at radius 1 is 1.07 bits per heavy atom. The Hall–Kier alpha value is -1.88. The SMILES string of the molecule is CC[C@@H](C(=O)N1CCN([C@@H](C(=O)NC)C2CCCC2)CC1)c1ccccc1. The minimum atomic E-state index is -0.0673. The number of likely N-dealkylation sites (N-methyl/N-ethyl adjacent to an activating group) is 1. The van der Waals surface area contributed by atoms with Gasteiger partial charge in [-0.2, -0.15) is 0 Å². The van der Waals surface area contributed by atoms with Gasteiger partial charge in [0.05, 0.1) is 12.0 Å². The van der Waals surface area contributed by atoms with E-state index in [1.807, 2.05) is 35.2 Å². The number of rotatable bonds is 6. The number of amides is 2. The molecule has 2 fully saturated rings. The Morgan fingerprint density at radius 2 is 1.70 bits per heavy atom. The number of hydrogen-bond acceptors (Lipinski definition) is 3. The summed E-state index contributed by atoms with van der Waals surface area (Å²) in [6.07, 6.45) is 5.55. The molecular formula is C22H33N3O2. The Labute approximate surface area is 163 Å². The monoisotopic (exact) mass is 371 g/mol. The standard InChI is InChI=1S/C22H33N3O2/c1-3-19(17-9-5-4-6-10-17)22(27)25-15-13-24(14-16-25)20(21(26)23-2)18-11-7-8-12-18/h4-6,9-10,18-20H,3,7-8,11-16H2,1-2H3,(H,23,26)/t19-,20-/m1/s1. The van der Waals surface area contributed by atoms with Gasteiger partial charge in [0.25, 0.3) is 0 Å². The van der Waals surface area contributed by atoms with Crippen molar-refractivity contribution in [2.75, 3.05) is 33.2 Å². The van der Waals surface area contributed by atoms with Gasteiger partial charge in [0, 0.05) is 33.2 Å². The fourth-order valence-corrected chi connectivity index (χ4v) is 4.78. The molecule has 0 spiro atoms. The highest BCUT2D eigenvalue weighted by atomic mass is 16.2. The molecule has 1 N–H and O–H groups in total. The van der Waals surface area contributed by atoms with Crippen molar-refractivity contribution in [3.8, 4) is 0 Å². The molecule has 1 saturated heterocycles. The van der Waals surface area contributed by atoms with Gasteiger partial charge < -0.3 is 10.2 Å². The lowest BCUT2D eigenvalue weighted by Gasteiger charge is -2.41. The number of piperazine rings is 1. The summed E-state index contributed by atoms with van der Waals surface area (Å²) in [6, 6.07) is 10.0. The minimum Gasteiger partial charge on any atom is -0.358 e. The Kier molecular flexibility index (Phi) is 6.89. The van der Waals surface area contributed by atoms with Gasteiger partial charge in [0.2, 0.25) is 11.8 Å².